The van der Waals surface area contributed by atoms with E-state index in [1.807, 2.05) is 6.92 Å². The van der Waals surface area contributed by atoms with E-state index in [0.29, 0.717) is 29.5 Å². The molecule has 34 heavy (non-hydrogen) atoms. The third kappa shape index (κ3) is 6.33. The van der Waals surface area contributed by atoms with E-state index in [1.54, 1.807) is 30.3 Å². The first-order valence-electron chi connectivity index (χ1n) is 10.4. The Hall–Kier alpha value is -2.96. The van der Waals surface area contributed by atoms with Crippen LogP contribution < -0.4 is 30.2 Å². The maximum absolute atomic E-state index is 12.9. The number of hydrogen-bond donors (Lipinski definition) is 3. The van der Waals surface area contributed by atoms with Gasteiger partial charge in [0.05, 0.1) is 31.5 Å². The SMILES string of the molecule is CCOc1ccc(S(=O)(=O)C2CNC(SCC(=O)Nc3cc(OC)cc(OC)c3)NC2=O)cc1. The minimum absolute atomic E-state index is 0.0216. The van der Waals surface area contributed by atoms with Crippen molar-refractivity contribution in [2.75, 3.05) is 38.4 Å². The molecule has 1 heterocycles. The summed E-state index contributed by atoms with van der Waals surface area (Å²) in [4.78, 5) is 25.0. The first kappa shape index (κ1) is 25.7. The number of thioether (sulfide) groups is 1. The predicted octanol–water partition coefficient (Wildman–Crippen LogP) is 1.62. The number of methoxy groups -OCH3 is 2. The Morgan fingerprint density at radius 1 is 1.09 bits per heavy atom. The molecule has 10 nitrogen and oxygen atoms in total. The van der Waals surface area contributed by atoms with Crippen molar-refractivity contribution in [2.24, 2.45) is 0 Å². The minimum Gasteiger partial charge on any atom is -0.497 e. The van der Waals surface area contributed by atoms with E-state index in [2.05, 4.69) is 16.0 Å². The van der Waals surface area contributed by atoms with E-state index < -0.39 is 26.5 Å². The first-order chi connectivity index (χ1) is 16.3. The van der Waals surface area contributed by atoms with Crippen LogP contribution >= 0.6 is 11.8 Å². The monoisotopic (exact) mass is 509 g/mol. The van der Waals surface area contributed by atoms with Gasteiger partial charge in [0.1, 0.15) is 22.7 Å². The molecular weight excluding hydrogens is 482 g/mol. The number of carbonyl (C=O) groups excluding carboxylic acids is 2. The van der Waals surface area contributed by atoms with E-state index in [9.17, 15) is 18.0 Å². The number of sulfone groups is 1. The fourth-order valence-electron chi connectivity index (χ4n) is 3.22. The topological polar surface area (TPSA) is 132 Å². The fourth-order valence-corrected chi connectivity index (χ4v) is 5.54. The smallest absolute Gasteiger partial charge is 0.241 e. The summed E-state index contributed by atoms with van der Waals surface area (Å²) in [5.41, 5.74) is -0.103. The Kier molecular flexibility index (Phi) is 8.64. The molecule has 0 spiro atoms. The molecule has 0 aliphatic carbocycles. The molecule has 184 valence electrons. The number of rotatable bonds is 10. The van der Waals surface area contributed by atoms with E-state index in [0.717, 1.165) is 11.8 Å². The zero-order valence-electron chi connectivity index (χ0n) is 19.0. The third-order valence-corrected chi connectivity index (χ3v) is 8.01. The number of amides is 2. The van der Waals surface area contributed by atoms with Gasteiger partial charge in [-0.2, -0.15) is 0 Å². The molecule has 1 aliphatic rings. The highest BCUT2D eigenvalue weighted by atomic mass is 32.2. The summed E-state index contributed by atoms with van der Waals surface area (Å²) >= 11 is 1.14. The standard InChI is InChI=1S/C22H27N3O7S2/c1-4-32-15-5-7-18(8-6-15)34(28,29)19-12-23-22(25-21(19)27)33-13-20(26)24-14-9-16(30-2)11-17(10-14)31-3/h5-11,19,22-23H,4,12-13H2,1-3H3,(H,24,26)(H,25,27). The molecule has 0 saturated carbocycles. The van der Waals surface area contributed by atoms with Crippen LogP contribution in [0.3, 0.4) is 0 Å². The molecule has 2 aromatic rings. The maximum Gasteiger partial charge on any atom is 0.241 e. The van der Waals surface area contributed by atoms with Gasteiger partial charge in [0, 0.05) is 30.4 Å². The van der Waals surface area contributed by atoms with Gasteiger partial charge in [0.25, 0.3) is 0 Å². The van der Waals surface area contributed by atoms with Crippen LogP contribution in [0.25, 0.3) is 0 Å². The molecule has 2 unspecified atom stereocenters. The van der Waals surface area contributed by atoms with Crippen LogP contribution in [0.1, 0.15) is 6.92 Å². The van der Waals surface area contributed by atoms with Gasteiger partial charge in [-0.25, -0.2) is 8.42 Å². The van der Waals surface area contributed by atoms with Crippen molar-refractivity contribution < 1.29 is 32.2 Å². The summed E-state index contributed by atoms with van der Waals surface area (Å²) < 4.78 is 41.5. The van der Waals surface area contributed by atoms with Gasteiger partial charge < -0.3 is 24.8 Å². The van der Waals surface area contributed by atoms with Crippen LogP contribution in [0.4, 0.5) is 5.69 Å². The molecule has 2 aromatic carbocycles. The summed E-state index contributed by atoms with van der Waals surface area (Å²) in [6.07, 6.45) is 0. The predicted molar refractivity (Wildman–Crippen MR) is 129 cm³/mol. The molecule has 3 rings (SSSR count). The second kappa shape index (κ2) is 11.4. The van der Waals surface area contributed by atoms with Gasteiger partial charge in [-0.05, 0) is 31.2 Å². The average molecular weight is 510 g/mol. The molecule has 2 amide bonds. The minimum atomic E-state index is -3.89. The van der Waals surface area contributed by atoms with Crippen LogP contribution in [-0.4, -0.2) is 64.1 Å². The Balaban J connectivity index is 1.54. The molecule has 1 fully saturated rings. The molecule has 0 radical (unpaired) electrons. The average Bonchev–Trinajstić information content (AvgIpc) is 2.83. The Morgan fingerprint density at radius 3 is 2.29 bits per heavy atom. The molecule has 12 heteroatoms. The zero-order chi connectivity index (χ0) is 24.7. The van der Waals surface area contributed by atoms with Gasteiger partial charge >= 0.3 is 0 Å². The van der Waals surface area contributed by atoms with Crippen LogP contribution in [-0.2, 0) is 19.4 Å². The molecule has 0 aromatic heterocycles. The van der Waals surface area contributed by atoms with E-state index in [4.69, 9.17) is 14.2 Å². The number of carbonyl (C=O) groups is 2. The molecule has 2 atom stereocenters. The van der Waals surface area contributed by atoms with Gasteiger partial charge in [-0.3, -0.25) is 14.9 Å². The lowest BCUT2D eigenvalue weighted by atomic mass is 10.2. The van der Waals surface area contributed by atoms with Crippen LogP contribution in [0.2, 0.25) is 0 Å². The Morgan fingerprint density at radius 2 is 1.74 bits per heavy atom. The quantitative estimate of drug-likeness (QED) is 0.437. The zero-order valence-corrected chi connectivity index (χ0v) is 20.6. The lowest BCUT2D eigenvalue weighted by Crippen LogP contribution is -2.59. The summed E-state index contributed by atoms with van der Waals surface area (Å²) in [5.74, 6) is 0.707. The lowest BCUT2D eigenvalue weighted by Gasteiger charge is -2.29. The van der Waals surface area contributed by atoms with Crippen molar-refractivity contribution in [1.29, 1.82) is 0 Å². The van der Waals surface area contributed by atoms with Crippen molar-refractivity contribution in [3.8, 4) is 17.2 Å². The molecule has 3 N–H and O–H groups in total. The summed E-state index contributed by atoms with van der Waals surface area (Å²) in [6, 6.07) is 11.0. The highest BCUT2D eigenvalue weighted by Crippen LogP contribution is 2.26. The van der Waals surface area contributed by atoms with Crippen LogP contribution in [0.15, 0.2) is 47.4 Å². The number of benzene rings is 2. The molecule has 0 bridgehead atoms. The normalized spacial score (nSPS) is 18.0. The second-order valence-electron chi connectivity index (χ2n) is 7.20. The molecular formula is C22H27N3O7S2. The summed E-state index contributed by atoms with van der Waals surface area (Å²) in [7, 11) is -0.872. The van der Waals surface area contributed by atoms with Gasteiger partial charge in [0.2, 0.25) is 11.8 Å². The van der Waals surface area contributed by atoms with Crippen molar-refractivity contribution in [3.05, 3.63) is 42.5 Å². The van der Waals surface area contributed by atoms with Gasteiger partial charge in [-0.1, -0.05) is 0 Å². The largest absolute Gasteiger partial charge is 0.497 e. The Bertz CT molecular complexity index is 1100. The number of ether oxygens (including phenoxy) is 3. The number of hydrogen-bond acceptors (Lipinski definition) is 9. The van der Waals surface area contributed by atoms with Crippen molar-refractivity contribution in [2.45, 2.75) is 22.6 Å². The highest BCUT2D eigenvalue weighted by molar-refractivity contribution is 8.00. The second-order valence-corrected chi connectivity index (χ2v) is 10.4. The van der Waals surface area contributed by atoms with Crippen LogP contribution in [0.5, 0.6) is 17.2 Å². The highest BCUT2D eigenvalue weighted by Gasteiger charge is 2.38. The Labute approximate surface area is 202 Å². The number of anilines is 1. The van der Waals surface area contributed by atoms with Crippen molar-refractivity contribution >= 4 is 39.1 Å². The van der Waals surface area contributed by atoms with Crippen LogP contribution in [0, 0.1) is 0 Å². The number of nitrogens with one attached hydrogen (secondary N) is 3. The van der Waals surface area contributed by atoms with E-state index in [1.165, 1.54) is 26.4 Å². The fraction of sp³-hybridized carbons (Fsp3) is 0.364. The van der Waals surface area contributed by atoms with Crippen molar-refractivity contribution in [1.82, 2.24) is 10.6 Å². The summed E-state index contributed by atoms with van der Waals surface area (Å²) in [5, 5.41) is 7.06. The lowest BCUT2D eigenvalue weighted by molar-refractivity contribution is -0.122. The van der Waals surface area contributed by atoms with Gasteiger partial charge in [0.15, 0.2) is 15.1 Å². The molecule has 1 saturated heterocycles. The van der Waals surface area contributed by atoms with E-state index in [-0.39, 0.29) is 23.1 Å². The van der Waals surface area contributed by atoms with E-state index >= 15 is 0 Å². The third-order valence-electron chi connectivity index (χ3n) is 4.91. The van der Waals surface area contributed by atoms with Crippen molar-refractivity contribution in [3.63, 3.8) is 0 Å². The first-order valence-corrected chi connectivity index (χ1v) is 13.0. The van der Waals surface area contributed by atoms with Gasteiger partial charge in [-0.15, -0.1) is 11.8 Å². The summed E-state index contributed by atoms with van der Waals surface area (Å²) in [6.45, 7) is 2.22. The maximum atomic E-state index is 12.9. The molecule has 1 aliphatic heterocycles.